The highest BCUT2D eigenvalue weighted by atomic mass is 16.2. The Hall–Kier alpha value is -2.77. The summed E-state index contributed by atoms with van der Waals surface area (Å²) < 4.78 is 1.66. The van der Waals surface area contributed by atoms with Gasteiger partial charge in [0.05, 0.1) is 17.5 Å². The standard InChI is InChI=1S/C17H22N6O2/c1-12-14(11-22(2)21-12)17(25)23-8-3-4-13(5-9-23)20-16(24)15-10-18-6-7-19-15/h6-7,10-11,13H,3-5,8-9H2,1-2H3,(H,20,24)/t13-/m1/s1. The molecule has 3 heterocycles. The van der Waals surface area contributed by atoms with E-state index in [0.717, 1.165) is 25.0 Å². The molecule has 0 spiro atoms. The molecule has 0 radical (unpaired) electrons. The minimum atomic E-state index is -0.221. The molecule has 0 saturated carbocycles. The monoisotopic (exact) mass is 342 g/mol. The summed E-state index contributed by atoms with van der Waals surface area (Å²) in [4.78, 5) is 34.7. The van der Waals surface area contributed by atoms with Gasteiger partial charge in [0.1, 0.15) is 5.69 Å². The van der Waals surface area contributed by atoms with Crippen molar-refractivity contribution in [3.05, 3.63) is 41.7 Å². The van der Waals surface area contributed by atoms with E-state index in [-0.39, 0.29) is 17.9 Å². The van der Waals surface area contributed by atoms with Gasteiger partial charge in [-0.3, -0.25) is 19.3 Å². The van der Waals surface area contributed by atoms with Crippen molar-refractivity contribution < 1.29 is 9.59 Å². The fraction of sp³-hybridized carbons (Fsp3) is 0.471. The van der Waals surface area contributed by atoms with Crippen molar-refractivity contribution in [3.63, 3.8) is 0 Å². The zero-order valence-corrected chi connectivity index (χ0v) is 14.5. The van der Waals surface area contributed by atoms with Gasteiger partial charge in [-0.25, -0.2) is 4.98 Å². The van der Waals surface area contributed by atoms with Crippen LogP contribution in [-0.2, 0) is 7.05 Å². The van der Waals surface area contributed by atoms with E-state index in [2.05, 4.69) is 20.4 Å². The number of hydrogen-bond donors (Lipinski definition) is 1. The quantitative estimate of drug-likeness (QED) is 0.896. The molecule has 0 aromatic carbocycles. The number of aryl methyl sites for hydroxylation is 2. The number of hydrogen-bond acceptors (Lipinski definition) is 5. The third kappa shape index (κ3) is 4.01. The number of carbonyl (C=O) groups excluding carboxylic acids is 2. The Balaban J connectivity index is 1.60. The number of nitrogens with one attached hydrogen (secondary N) is 1. The Bertz CT molecular complexity index is 758. The normalized spacial score (nSPS) is 17.8. The molecule has 0 unspecified atom stereocenters. The minimum absolute atomic E-state index is 0.00602. The molecule has 132 valence electrons. The van der Waals surface area contributed by atoms with Gasteiger partial charge in [0.2, 0.25) is 0 Å². The van der Waals surface area contributed by atoms with Crippen LogP contribution in [0.2, 0.25) is 0 Å². The molecule has 1 N–H and O–H groups in total. The van der Waals surface area contributed by atoms with E-state index in [1.807, 2.05) is 18.9 Å². The van der Waals surface area contributed by atoms with Gasteiger partial charge in [0.25, 0.3) is 11.8 Å². The van der Waals surface area contributed by atoms with E-state index in [4.69, 9.17) is 0 Å². The van der Waals surface area contributed by atoms with E-state index < -0.39 is 0 Å². The van der Waals surface area contributed by atoms with Crippen molar-refractivity contribution in [2.24, 2.45) is 7.05 Å². The fourth-order valence-electron chi connectivity index (χ4n) is 3.10. The van der Waals surface area contributed by atoms with Gasteiger partial charge in [-0.2, -0.15) is 5.10 Å². The lowest BCUT2D eigenvalue weighted by molar-refractivity contribution is 0.0760. The van der Waals surface area contributed by atoms with E-state index in [9.17, 15) is 9.59 Å². The van der Waals surface area contributed by atoms with Gasteiger partial charge in [-0.15, -0.1) is 0 Å². The Kier molecular flexibility index (Phi) is 5.06. The van der Waals surface area contributed by atoms with Crippen molar-refractivity contribution in [1.29, 1.82) is 0 Å². The number of aromatic nitrogens is 4. The van der Waals surface area contributed by atoms with E-state index in [1.165, 1.54) is 18.6 Å². The molecular weight excluding hydrogens is 320 g/mol. The van der Waals surface area contributed by atoms with E-state index >= 15 is 0 Å². The predicted octanol–water partition coefficient (Wildman–Crippen LogP) is 0.943. The van der Waals surface area contributed by atoms with Gasteiger partial charge < -0.3 is 10.2 Å². The van der Waals surface area contributed by atoms with Crippen LogP contribution in [0.25, 0.3) is 0 Å². The van der Waals surface area contributed by atoms with Crippen LogP contribution in [0, 0.1) is 6.92 Å². The molecule has 2 aromatic heterocycles. The van der Waals surface area contributed by atoms with Crippen LogP contribution in [0.15, 0.2) is 24.8 Å². The highest BCUT2D eigenvalue weighted by molar-refractivity contribution is 5.95. The van der Waals surface area contributed by atoms with Gasteiger partial charge in [-0.05, 0) is 26.2 Å². The Morgan fingerprint density at radius 2 is 2.08 bits per heavy atom. The molecule has 2 aromatic rings. The molecule has 1 fully saturated rings. The SMILES string of the molecule is Cc1nn(C)cc1C(=O)N1CCC[C@@H](NC(=O)c2cnccn2)CC1. The van der Waals surface area contributed by atoms with Crippen LogP contribution in [0.3, 0.4) is 0 Å². The van der Waals surface area contributed by atoms with Crippen LogP contribution >= 0.6 is 0 Å². The largest absolute Gasteiger partial charge is 0.348 e. The summed E-state index contributed by atoms with van der Waals surface area (Å²) >= 11 is 0. The number of rotatable bonds is 3. The smallest absolute Gasteiger partial charge is 0.271 e. The first-order valence-electron chi connectivity index (χ1n) is 8.41. The molecule has 3 rings (SSSR count). The summed E-state index contributed by atoms with van der Waals surface area (Å²) in [7, 11) is 1.81. The van der Waals surface area contributed by atoms with Crippen LogP contribution in [0.5, 0.6) is 0 Å². The van der Waals surface area contributed by atoms with Crippen molar-refractivity contribution in [2.75, 3.05) is 13.1 Å². The van der Waals surface area contributed by atoms with Gasteiger partial charge in [0.15, 0.2) is 0 Å². The second-order valence-corrected chi connectivity index (χ2v) is 6.29. The number of carbonyl (C=O) groups is 2. The zero-order chi connectivity index (χ0) is 17.8. The van der Waals surface area contributed by atoms with Gasteiger partial charge >= 0.3 is 0 Å². The molecule has 25 heavy (non-hydrogen) atoms. The molecule has 1 atom stereocenters. The second kappa shape index (κ2) is 7.42. The first-order valence-corrected chi connectivity index (χ1v) is 8.41. The van der Waals surface area contributed by atoms with Crippen LogP contribution in [0.1, 0.15) is 45.8 Å². The van der Waals surface area contributed by atoms with E-state index in [0.29, 0.717) is 24.3 Å². The molecule has 1 aliphatic heterocycles. The lowest BCUT2D eigenvalue weighted by Crippen LogP contribution is -2.37. The zero-order valence-electron chi connectivity index (χ0n) is 14.5. The maximum absolute atomic E-state index is 12.7. The topological polar surface area (TPSA) is 93.0 Å². The Morgan fingerprint density at radius 3 is 2.76 bits per heavy atom. The first-order chi connectivity index (χ1) is 12.0. The molecule has 1 saturated heterocycles. The van der Waals surface area contributed by atoms with Crippen LogP contribution in [-0.4, -0.2) is 55.6 Å². The number of amides is 2. The van der Waals surface area contributed by atoms with Crippen molar-refractivity contribution in [1.82, 2.24) is 30.0 Å². The maximum Gasteiger partial charge on any atom is 0.271 e. The molecule has 8 nitrogen and oxygen atoms in total. The van der Waals surface area contributed by atoms with Crippen LogP contribution < -0.4 is 5.32 Å². The molecule has 1 aliphatic rings. The predicted molar refractivity (Wildman–Crippen MR) is 91.0 cm³/mol. The summed E-state index contributed by atoms with van der Waals surface area (Å²) in [6, 6.07) is 0.0299. The van der Waals surface area contributed by atoms with Crippen LogP contribution in [0.4, 0.5) is 0 Å². The Labute approximate surface area is 146 Å². The Morgan fingerprint density at radius 1 is 1.24 bits per heavy atom. The number of likely N-dealkylation sites (tertiary alicyclic amines) is 1. The van der Waals surface area contributed by atoms with Crippen molar-refractivity contribution >= 4 is 11.8 Å². The van der Waals surface area contributed by atoms with E-state index in [1.54, 1.807) is 10.9 Å². The van der Waals surface area contributed by atoms with Crippen molar-refractivity contribution in [3.8, 4) is 0 Å². The van der Waals surface area contributed by atoms with Gasteiger partial charge in [-0.1, -0.05) is 0 Å². The molecule has 0 bridgehead atoms. The summed E-state index contributed by atoms with van der Waals surface area (Å²) in [6.45, 7) is 3.14. The average molecular weight is 342 g/mol. The van der Waals surface area contributed by atoms with Gasteiger partial charge in [0, 0.05) is 44.8 Å². The highest BCUT2D eigenvalue weighted by Crippen LogP contribution is 2.16. The summed E-state index contributed by atoms with van der Waals surface area (Å²) in [5.74, 6) is -0.215. The third-order valence-corrected chi connectivity index (χ3v) is 4.39. The second-order valence-electron chi connectivity index (χ2n) is 6.29. The average Bonchev–Trinajstić information content (AvgIpc) is 2.81. The maximum atomic E-state index is 12.7. The molecule has 0 aliphatic carbocycles. The lowest BCUT2D eigenvalue weighted by atomic mass is 10.1. The lowest BCUT2D eigenvalue weighted by Gasteiger charge is -2.20. The minimum Gasteiger partial charge on any atom is -0.348 e. The number of nitrogens with zero attached hydrogens (tertiary/aromatic N) is 5. The summed E-state index contributed by atoms with van der Waals surface area (Å²) in [5, 5.41) is 7.23. The molecular formula is C17H22N6O2. The first kappa shape index (κ1) is 17.1. The highest BCUT2D eigenvalue weighted by Gasteiger charge is 2.25. The molecule has 2 amide bonds. The third-order valence-electron chi connectivity index (χ3n) is 4.39. The van der Waals surface area contributed by atoms with Crippen molar-refractivity contribution in [2.45, 2.75) is 32.2 Å². The summed E-state index contributed by atoms with van der Waals surface area (Å²) in [6.07, 6.45) is 8.64. The summed E-state index contributed by atoms with van der Waals surface area (Å²) in [5.41, 5.74) is 1.69. The molecule has 8 heteroatoms. The fourth-order valence-corrected chi connectivity index (χ4v) is 3.10.